The maximum absolute atomic E-state index is 12.0. The van der Waals surface area contributed by atoms with Crippen molar-refractivity contribution in [2.45, 2.75) is 30.7 Å². The van der Waals surface area contributed by atoms with Gasteiger partial charge in [-0.3, -0.25) is 9.69 Å². The zero-order valence-corrected chi connectivity index (χ0v) is 11.7. The van der Waals surface area contributed by atoms with Gasteiger partial charge in [0.25, 0.3) is 0 Å². The third-order valence-corrected chi connectivity index (χ3v) is 4.86. The molecule has 0 amide bonds. The normalized spacial score (nSPS) is 18.6. The quantitative estimate of drug-likeness (QED) is 0.806. The van der Waals surface area contributed by atoms with Gasteiger partial charge < -0.3 is 4.98 Å². The lowest BCUT2D eigenvalue weighted by molar-refractivity contribution is 0.260. The number of likely N-dealkylation sites (tertiary alicyclic amines) is 1. The zero-order valence-electron chi connectivity index (χ0n) is 10.9. The summed E-state index contributed by atoms with van der Waals surface area (Å²) in [5.74, 6) is 0. The molecule has 1 aliphatic heterocycles. The minimum absolute atomic E-state index is 0.139. The first-order valence-electron chi connectivity index (χ1n) is 6.41. The molecule has 1 aromatic heterocycles. The van der Waals surface area contributed by atoms with E-state index in [1.165, 1.54) is 18.5 Å². The molecule has 7 heteroatoms. The highest BCUT2D eigenvalue weighted by Crippen LogP contribution is 2.11. The van der Waals surface area contributed by atoms with Crippen molar-refractivity contribution in [1.82, 2.24) is 14.6 Å². The Kier molecular flexibility index (Phi) is 4.38. The van der Waals surface area contributed by atoms with Crippen molar-refractivity contribution in [2.24, 2.45) is 0 Å². The van der Waals surface area contributed by atoms with E-state index < -0.39 is 15.5 Å². The number of hydrogen-bond donors (Lipinski definition) is 2. The monoisotopic (exact) mass is 285 g/mol. The van der Waals surface area contributed by atoms with Crippen molar-refractivity contribution in [3.05, 3.63) is 28.7 Å². The van der Waals surface area contributed by atoms with Gasteiger partial charge in [-0.2, -0.15) is 0 Å². The van der Waals surface area contributed by atoms with Gasteiger partial charge >= 0.3 is 0 Å². The average molecular weight is 285 g/mol. The second-order valence-electron chi connectivity index (χ2n) is 4.82. The van der Waals surface area contributed by atoms with Crippen LogP contribution in [0.4, 0.5) is 0 Å². The first-order chi connectivity index (χ1) is 9.00. The van der Waals surface area contributed by atoms with Gasteiger partial charge in [0, 0.05) is 31.0 Å². The van der Waals surface area contributed by atoms with Gasteiger partial charge in [-0.25, -0.2) is 13.1 Å². The first kappa shape index (κ1) is 14.2. The van der Waals surface area contributed by atoms with Gasteiger partial charge in [-0.15, -0.1) is 0 Å². The van der Waals surface area contributed by atoms with Gasteiger partial charge in [0.2, 0.25) is 15.5 Å². The van der Waals surface area contributed by atoms with Crippen molar-refractivity contribution in [3.63, 3.8) is 0 Å². The molecule has 2 heterocycles. The van der Waals surface area contributed by atoms with Crippen LogP contribution in [0.25, 0.3) is 0 Å². The van der Waals surface area contributed by atoms with Crippen molar-refractivity contribution >= 4 is 10.0 Å². The molecule has 0 spiro atoms. The smallest absolute Gasteiger partial charge is 0.245 e. The number of nitrogens with one attached hydrogen (secondary N) is 2. The number of aromatic nitrogens is 1. The van der Waals surface area contributed by atoms with E-state index >= 15 is 0 Å². The molecule has 1 aromatic rings. The molecule has 1 atom stereocenters. The minimum atomic E-state index is -3.74. The van der Waals surface area contributed by atoms with Crippen LogP contribution in [0, 0.1) is 0 Å². The van der Waals surface area contributed by atoms with Crippen LogP contribution in [0.3, 0.4) is 0 Å². The number of sulfonamides is 1. The van der Waals surface area contributed by atoms with E-state index in [-0.39, 0.29) is 10.9 Å². The highest BCUT2D eigenvalue weighted by Gasteiger charge is 2.22. The molecule has 1 saturated heterocycles. The van der Waals surface area contributed by atoms with Crippen molar-refractivity contribution < 1.29 is 8.42 Å². The summed E-state index contributed by atoms with van der Waals surface area (Å²) in [6.07, 6.45) is 4.95. The second-order valence-corrected chi connectivity index (χ2v) is 6.55. The van der Waals surface area contributed by atoms with Gasteiger partial charge in [0.05, 0.1) is 0 Å². The third-order valence-electron chi connectivity index (χ3n) is 3.41. The van der Waals surface area contributed by atoms with Crippen molar-refractivity contribution in [1.29, 1.82) is 0 Å². The van der Waals surface area contributed by atoms with E-state index in [0.29, 0.717) is 6.54 Å². The summed E-state index contributed by atoms with van der Waals surface area (Å²) in [5.41, 5.74) is -0.500. The molecule has 0 radical (unpaired) electrons. The van der Waals surface area contributed by atoms with Gasteiger partial charge in [-0.05, 0) is 32.9 Å². The highest BCUT2D eigenvalue weighted by molar-refractivity contribution is 7.89. The Morgan fingerprint density at radius 3 is 2.74 bits per heavy atom. The summed E-state index contributed by atoms with van der Waals surface area (Å²) in [5, 5.41) is 0. The number of rotatable bonds is 5. The van der Waals surface area contributed by atoms with Crippen LogP contribution in [0.1, 0.15) is 19.8 Å². The van der Waals surface area contributed by atoms with E-state index in [9.17, 15) is 13.2 Å². The Morgan fingerprint density at radius 1 is 1.42 bits per heavy atom. The van der Waals surface area contributed by atoms with Crippen molar-refractivity contribution in [2.75, 3.05) is 19.6 Å². The lowest BCUT2D eigenvalue weighted by Gasteiger charge is -2.23. The predicted molar refractivity (Wildman–Crippen MR) is 72.5 cm³/mol. The summed E-state index contributed by atoms with van der Waals surface area (Å²) in [6, 6.07) is 1.35. The molecular formula is C12H19N3O3S. The molecule has 6 nitrogen and oxygen atoms in total. The Labute approximate surface area is 112 Å². The number of aromatic amines is 1. The predicted octanol–water partition coefficient (Wildman–Crippen LogP) is 0.137. The topological polar surface area (TPSA) is 82.3 Å². The molecule has 1 fully saturated rings. The first-order valence-corrected chi connectivity index (χ1v) is 7.90. The maximum atomic E-state index is 12.0. The molecule has 2 rings (SSSR count). The molecular weight excluding hydrogens is 266 g/mol. The van der Waals surface area contributed by atoms with E-state index in [0.717, 1.165) is 25.9 Å². The molecule has 2 N–H and O–H groups in total. The summed E-state index contributed by atoms with van der Waals surface area (Å²) in [6.45, 7) is 4.32. The van der Waals surface area contributed by atoms with Crippen molar-refractivity contribution in [3.8, 4) is 0 Å². The summed E-state index contributed by atoms with van der Waals surface area (Å²) < 4.78 is 26.5. The van der Waals surface area contributed by atoms with Gasteiger partial charge in [-0.1, -0.05) is 0 Å². The third kappa shape index (κ3) is 3.43. The van der Waals surface area contributed by atoms with Crippen LogP contribution < -0.4 is 10.2 Å². The molecule has 106 valence electrons. The summed E-state index contributed by atoms with van der Waals surface area (Å²) in [7, 11) is -3.74. The molecule has 0 aromatic carbocycles. The van der Waals surface area contributed by atoms with E-state index in [1.54, 1.807) is 0 Å². The number of nitrogens with zero attached hydrogens (tertiary/aromatic N) is 1. The standard InChI is InChI=1S/C12H19N3O3S/c1-10(15-6-2-3-7-15)8-14-19(17,18)12-9-13-5-4-11(12)16/h4-5,9-10,14H,2-3,6-8H2,1H3,(H,13,16). The lowest BCUT2D eigenvalue weighted by Crippen LogP contribution is -2.41. The van der Waals surface area contributed by atoms with E-state index in [4.69, 9.17) is 0 Å². The number of pyridine rings is 1. The minimum Gasteiger partial charge on any atom is -0.366 e. The second kappa shape index (κ2) is 5.85. The fourth-order valence-electron chi connectivity index (χ4n) is 2.23. The van der Waals surface area contributed by atoms with Crippen LogP contribution in [0.5, 0.6) is 0 Å². The van der Waals surface area contributed by atoms with Crippen LogP contribution in [-0.2, 0) is 10.0 Å². The maximum Gasteiger partial charge on any atom is 0.245 e. The number of hydrogen-bond acceptors (Lipinski definition) is 4. The molecule has 1 unspecified atom stereocenters. The van der Waals surface area contributed by atoms with Crippen LogP contribution in [0.15, 0.2) is 28.2 Å². The van der Waals surface area contributed by atoms with Crippen LogP contribution in [-0.4, -0.2) is 44.0 Å². The highest BCUT2D eigenvalue weighted by atomic mass is 32.2. The molecule has 19 heavy (non-hydrogen) atoms. The summed E-state index contributed by atoms with van der Waals surface area (Å²) >= 11 is 0. The Balaban J connectivity index is 2.02. The zero-order chi connectivity index (χ0) is 13.9. The Morgan fingerprint density at radius 2 is 2.11 bits per heavy atom. The largest absolute Gasteiger partial charge is 0.366 e. The fraction of sp³-hybridized carbons (Fsp3) is 0.583. The average Bonchev–Trinajstić information content (AvgIpc) is 2.90. The molecule has 0 bridgehead atoms. The number of H-pyrrole nitrogens is 1. The molecule has 0 saturated carbocycles. The Hall–Kier alpha value is -1.18. The molecule has 1 aliphatic rings. The Bertz CT molecular complexity index is 576. The SMILES string of the molecule is CC(CNS(=O)(=O)c1c[nH]ccc1=O)N1CCCC1. The fourth-order valence-corrected chi connectivity index (χ4v) is 3.40. The van der Waals surface area contributed by atoms with Crippen LogP contribution in [0.2, 0.25) is 0 Å². The van der Waals surface area contributed by atoms with E-state index in [2.05, 4.69) is 14.6 Å². The summed E-state index contributed by atoms with van der Waals surface area (Å²) in [4.78, 5) is 16.2. The lowest BCUT2D eigenvalue weighted by atomic mass is 10.3. The van der Waals surface area contributed by atoms with Gasteiger partial charge in [0.15, 0.2) is 0 Å². The van der Waals surface area contributed by atoms with Gasteiger partial charge in [0.1, 0.15) is 4.90 Å². The molecule has 0 aliphatic carbocycles. The van der Waals surface area contributed by atoms with Crippen LogP contribution >= 0.6 is 0 Å². The van der Waals surface area contributed by atoms with E-state index in [1.807, 2.05) is 6.92 Å².